The van der Waals surface area contributed by atoms with Crippen molar-refractivity contribution >= 4 is 0 Å². The van der Waals surface area contributed by atoms with Crippen LogP contribution in [0.1, 0.15) is 32.6 Å². The third-order valence-electron chi connectivity index (χ3n) is 3.82. The maximum Gasteiger partial charge on any atom is 0.0972 e. The zero-order valence-corrected chi connectivity index (χ0v) is 8.87. The van der Waals surface area contributed by atoms with Crippen LogP contribution < -0.4 is 5.32 Å². The van der Waals surface area contributed by atoms with Gasteiger partial charge < -0.3 is 15.5 Å². The summed E-state index contributed by atoms with van der Waals surface area (Å²) in [5.41, 5.74) is -0.957. The minimum Gasteiger partial charge on any atom is -0.393 e. The van der Waals surface area contributed by atoms with Gasteiger partial charge in [0.15, 0.2) is 0 Å². The van der Waals surface area contributed by atoms with E-state index in [0.717, 1.165) is 11.8 Å². The van der Waals surface area contributed by atoms with Crippen LogP contribution in [-0.4, -0.2) is 35.0 Å². The van der Waals surface area contributed by atoms with Crippen LogP contribution in [0.15, 0.2) is 0 Å². The Bertz CT molecular complexity index is 205. The first-order valence-corrected chi connectivity index (χ1v) is 5.67. The molecule has 0 aromatic heterocycles. The third kappa shape index (κ3) is 2.10. The average Bonchev–Trinajstić information content (AvgIpc) is 2.76. The highest BCUT2D eigenvalue weighted by Crippen LogP contribution is 2.44. The molecule has 0 aromatic carbocycles. The fraction of sp³-hybridized carbons (Fsp3) is 1.00. The molecule has 2 aliphatic rings. The molecule has 0 saturated heterocycles. The summed E-state index contributed by atoms with van der Waals surface area (Å²) in [7, 11) is 0. The molecule has 4 unspecified atom stereocenters. The Balaban J connectivity index is 1.77. The van der Waals surface area contributed by atoms with Gasteiger partial charge in [-0.25, -0.2) is 0 Å². The van der Waals surface area contributed by atoms with E-state index in [1.165, 1.54) is 25.7 Å². The third-order valence-corrected chi connectivity index (χ3v) is 3.82. The Morgan fingerprint density at radius 3 is 2.64 bits per heavy atom. The van der Waals surface area contributed by atoms with Crippen molar-refractivity contribution in [1.29, 1.82) is 0 Å². The summed E-state index contributed by atoms with van der Waals surface area (Å²) in [5, 5.41) is 21.9. The predicted octanol–water partition coefficient (Wildman–Crippen LogP) is 0.508. The molecule has 2 bridgehead atoms. The van der Waals surface area contributed by atoms with E-state index in [-0.39, 0.29) is 6.61 Å². The van der Waals surface area contributed by atoms with Crippen LogP contribution in [0.4, 0.5) is 0 Å². The van der Waals surface area contributed by atoms with E-state index >= 15 is 0 Å². The van der Waals surface area contributed by atoms with Crippen molar-refractivity contribution in [2.45, 2.75) is 44.2 Å². The molecule has 82 valence electrons. The van der Waals surface area contributed by atoms with Gasteiger partial charge in [-0.1, -0.05) is 6.42 Å². The first kappa shape index (κ1) is 10.4. The lowest BCUT2D eigenvalue weighted by molar-refractivity contribution is -0.000566. The summed E-state index contributed by atoms with van der Waals surface area (Å²) in [5.74, 6) is 1.76. The molecule has 3 nitrogen and oxygen atoms in total. The predicted molar refractivity (Wildman–Crippen MR) is 54.9 cm³/mol. The molecule has 0 heterocycles. The first-order chi connectivity index (χ1) is 6.61. The summed E-state index contributed by atoms with van der Waals surface area (Å²) in [6.07, 6.45) is 5.40. The molecule has 0 spiro atoms. The van der Waals surface area contributed by atoms with Crippen molar-refractivity contribution < 1.29 is 10.2 Å². The van der Waals surface area contributed by atoms with Crippen molar-refractivity contribution in [1.82, 2.24) is 5.32 Å². The van der Waals surface area contributed by atoms with Gasteiger partial charge in [-0.15, -0.1) is 0 Å². The number of hydrogen-bond donors (Lipinski definition) is 3. The quantitative estimate of drug-likeness (QED) is 0.618. The van der Waals surface area contributed by atoms with E-state index in [4.69, 9.17) is 5.11 Å². The van der Waals surface area contributed by atoms with Crippen molar-refractivity contribution in [3.63, 3.8) is 0 Å². The number of hydrogen-bond acceptors (Lipinski definition) is 3. The van der Waals surface area contributed by atoms with Gasteiger partial charge in [0.1, 0.15) is 0 Å². The van der Waals surface area contributed by atoms with Gasteiger partial charge in [-0.05, 0) is 38.0 Å². The van der Waals surface area contributed by atoms with Gasteiger partial charge in [-0.2, -0.15) is 0 Å². The number of fused-ring (bicyclic) bond motifs is 2. The van der Waals surface area contributed by atoms with Crippen LogP contribution in [-0.2, 0) is 0 Å². The fourth-order valence-corrected chi connectivity index (χ4v) is 2.90. The largest absolute Gasteiger partial charge is 0.393 e. The maximum absolute atomic E-state index is 9.64. The highest BCUT2D eigenvalue weighted by atomic mass is 16.3. The molecule has 2 rings (SSSR count). The van der Waals surface area contributed by atoms with E-state index in [1.807, 2.05) is 0 Å². The minimum absolute atomic E-state index is 0.166. The van der Waals surface area contributed by atoms with Crippen LogP contribution in [0.2, 0.25) is 0 Å². The zero-order chi connectivity index (χ0) is 10.2. The van der Waals surface area contributed by atoms with E-state index in [1.54, 1.807) is 6.92 Å². The number of aliphatic hydroxyl groups excluding tert-OH is 1. The van der Waals surface area contributed by atoms with Crippen molar-refractivity contribution in [3.05, 3.63) is 0 Å². The molecule has 3 heteroatoms. The molecule has 2 aliphatic carbocycles. The zero-order valence-electron chi connectivity index (χ0n) is 8.87. The summed E-state index contributed by atoms with van der Waals surface area (Å²) in [6.45, 7) is 2.02. The Morgan fingerprint density at radius 1 is 1.36 bits per heavy atom. The van der Waals surface area contributed by atoms with Gasteiger partial charge in [0.25, 0.3) is 0 Å². The molecule has 2 saturated carbocycles. The van der Waals surface area contributed by atoms with Gasteiger partial charge in [0, 0.05) is 12.6 Å². The van der Waals surface area contributed by atoms with Gasteiger partial charge in [0.05, 0.1) is 12.2 Å². The molecule has 0 aliphatic heterocycles. The highest BCUT2D eigenvalue weighted by molar-refractivity contribution is 4.95. The van der Waals surface area contributed by atoms with E-state index in [2.05, 4.69) is 5.32 Å². The number of rotatable bonds is 4. The molecule has 0 amide bonds. The van der Waals surface area contributed by atoms with Gasteiger partial charge in [0.2, 0.25) is 0 Å². The molecule has 3 N–H and O–H groups in total. The molecular weight excluding hydrogens is 178 g/mol. The summed E-state index contributed by atoms with van der Waals surface area (Å²) in [6, 6.07) is 0.590. The topological polar surface area (TPSA) is 52.5 Å². The van der Waals surface area contributed by atoms with Crippen molar-refractivity contribution in [2.24, 2.45) is 11.8 Å². The SMILES string of the molecule is CC(O)(CO)CNC1CC2CCC1C2. The maximum atomic E-state index is 9.64. The minimum atomic E-state index is -0.957. The summed E-state index contributed by atoms with van der Waals surface area (Å²) < 4.78 is 0. The molecule has 0 radical (unpaired) electrons. The fourth-order valence-electron chi connectivity index (χ4n) is 2.90. The van der Waals surface area contributed by atoms with Crippen molar-refractivity contribution in [2.75, 3.05) is 13.2 Å². The van der Waals surface area contributed by atoms with E-state index in [0.29, 0.717) is 12.6 Å². The molecule has 4 atom stereocenters. The molecular formula is C11H21NO2. The highest BCUT2D eigenvalue weighted by Gasteiger charge is 2.39. The van der Waals surface area contributed by atoms with E-state index < -0.39 is 5.60 Å². The summed E-state index contributed by atoms with van der Waals surface area (Å²) >= 11 is 0. The second kappa shape index (κ2) is 3.80. The number of aliphatic hydroxyl groups is 2. The lowest BCUT2D eigenvalue weighted by atomic mass is 9.94. The smallest absolute Gasteiger partial charge is 0.0972 e. The molecule has 2 fully saturated rings. The van der Waals surface area contributed by atoms with Crippen LogP contribution in [0.3, 0.4) is 0 Å². The van der Waals surface area contributed by atoms with Crippen LogP contribution >= 0.6 is 0 Å². The standard InChI is InChI=1S/C11H21NO2/c1-11(14,7-13)6-12-10-5-8-2-3-9(10)4-8/h8-10,12-14H,2-7H2,1H3. The second-order valence-corrected chi connectivity index (χ2v) is 5.32. The van der Waals surface area contributed by atoms with Crippen LogP contribution in [0.5, 0.6) is 0 Å². The van der Waals surface area contributed by atoms with Crippen LogP contribution in [0.25, 0.3) is 0 Å². The molecule has 14 heavy (non-hydrogen) atoms. The molecule has 0 aromatic rings. The normalized spacial score (nSPS) is 40.1. The number of nitrogens with one attached hydrogen (secondary N) is 1. The van der Waals surface area contributed by atoms with Crippen molar-refractivity contribution in [3.8, 4) is 0 Å². The Morgan fingerprint density at radius 2 is 2.14 bits per heavy atom. The first-order valence-electron chi connectivity index (χ1n) is 5.67. The average molecular weight is 199 g/mol. The Kier molecular flexibility index (Phi) is 2.82. The summed E-state index contributed by atoms with van der Waals surface area (Å²) in [4.78, 5) is 0. The van der Waals surface area contributed by atoms with E-state index in [9.17, 15) is 5.11 Å². The van der Waals surface area contributed by atoms with Gasteiger partial charge in [-0.3, -0.25) is 0 Å². The van der Waals surface area contributed by atoms with Gasteiger partial charge >= 0.3 is 0 Å². The Labute approximate surface area is 85.5 Å². The lowest BCUT2D eigenvalue weighted by Crippen LogP contribution is -2.46. The van der Waals surface area contributed by atoms with Crippen LogP contribution in [0, 0.1) is 11.8 Å². The monoisotopic (exact) mass is 199 g/mol. The lowest BCUT2D eigenvalue weighted by Gasteiger charge is -2.28. The second-order valence-electron chi connectivity index (χ2n) is 5.32. The Hall–Kier alpha value is -0.120.